The second-order valence-corrected chi connectivity index (χ2v) is 13.7. The molecule has 2 aromatic heterocycles. The predicted molar refractivity (Wildman–Crippen MR) is 180 cm³/mol. The Kier molecular flexibility index (Phi) is 12.9. The Morgan fingerprint density at radius 3 is 2.04 bits per heavy atom. The maximum atomic E-state index is 12.7. The molecule has 0 spiro atoms. The number of fused-ring (bicyclic) bond motifs is 3. The van der Waals surface area contributed by atoms with Crippen molar-refractivity contribution in [1.82, 2.24) is 25.4 Å². The van der Waals surface area contributed by atoms with Gasteiger partial charge in [-0.1, -0.05) is 36.6 Å². The van der Waals surface area contributed by atoms with E-state index in [2.05, 4.69) is 34.7 Å². The van der Waals surface area contributed by atoms with Crippen molar-refractivity contribution in [2.75, 3.05) is 13.1 Å². The number of unbranched alkanes of at least 4 members (excludes halogenated alkanes) is 3. The molecule has 2 amide bonds. The largest absolute Gasteiger partial charge is 0.460 e. The number of benzene rings is 1. The molecule has 3 aromatic rings. The van der Waals surface area contributed by atoms with Gasteiger partial charge in [-0.3, -0.25) is 23.9 Å². The first-order valence-corrected chi connectivity index (χ1v) is 16.4. The summed E-state index contributed by atoms with van der Waals surface area (Å²) >= 11 is 7.82. The van der Waals surface area contributed by atoms with Crippen molar-refractivity contribution in [2.45, 2.75) is 99.1 Å². The van der Waals surface area contributed by atoms with Crippen molar-refractivity contribution in [1.29, 1.82) is 0 Å². The summed E-state index contributed by atoms with van der Waals surface area (Å²) in [4.78, 5) is 40.0. The van der Waals surface area contributed by atoms with E-state index in [-0.39, 0.29) is 24.2 Å². The molecule has 1 atom stereocenters. The Morgan fingerprint density at radius 2 is 1.51 bits per heavy atom. The Bertz CT molecular complexity index is 1500. The molecule has 10 nitrogen and oxygen atoms in total. The Balaban J connectivity index is 0.000000335. The molecular formula is C33H45ClN6O4S. The molecule has 244 valence electrons. The highest BCUT2D eigenvalue weighted by atomic mass is 35.5. The van der Waals surface area contributed by atoms with Gasteiger partial charge in [0.05, 0.1) is 12.1 Å². The van der Waals surface area contributed by atoms with Crippen LogP contribution in [0.1, 0.15) is 106 Å². The van der Waals surface area contributed by atoms with Gasteiger partial charge in [0.25, 0.3) is 0 Å². The van der Waals surface area contributed by atoms with E-state index >= 15 is 0 Å². The fraction of sp³-hybridized carbons (Fsp3) is 0.515. The maximum absolute atomic E-state index is 12.7. The molecule has 0 saturated carbocycles. The number of aryl methyl sites for hydroxylation is 2. The molecule has 0 radical (unpaired) electrons. The standard InChI is InChI=1S/C23H25ClN4O2S.C10H20N2O2/c1-12-13(2)31-22-19(12)20(15-7-9-16(24)10-8-15)25-17(11-18(29)30-23(4,5)6)21-27-26-14(3)28(21)22;1-9(13)11-7-5-3-4-6-8-12-10(2)14/h7-10,17H,11H2,1-6H3;3-8H2,1-2H3,(H,11,13)(H,12,14)/t17-;/m0./s1. The number of carbonyl (C=O) groups excluding carboxylic acids is 3. The monoisotopic (exact) mass is 656 g/mol. The summed E-state index contributed by atoms with van der Waals surface area (Å²) < 4.78 is 7.61. The van der Waals surface area contributed by atoms with E-state index < -0.39 is 11.6 Å². The number of ether oxygens (including phenoxy) is 1. The van der Waals surface area contributed by atoms with Crippen LogP contribution < -0.4 is 10.6 Å². The van der Waals surface area contributed by atoms with Crippen LogP contribution in [0.25, 0.3) is 5.00 Å². The van der Waals surface area contributed by atoms with Gasteiger partial charge in [0.2, 0.25) is 11.8 Å². The average molecular weight is 657 g/mol. The normalized spacial score (nSPS) is 13.8. The zero-order valence-electron chi connectivity index (χ0n) is 27.5. The lowest BCUT2D eigenvalue weighted by Crippen LogP contribution is -2.25. The third kappa shape index (κ3) is 10.5. The van der Waals surface area contributed by atoms with Crippen LogP contribution in [-0.2, 0) is 19.1 Å². The van der Waals surface area contributed by atoms with Crippen molar-refractivity contribution < 1.29 is 19.1 Å². The minimum atomic E-state index is -0.569. The van der Waals surface area contributed by atoms with Crippen LogP contribution in [0.15, 0.2) is 29.3 Å². The van der Waals surface area contributed by atoms with Gasteiger partial charge in [-0.05, 0) is 72.1 Å². The van der Waals surface area contributed by atoms with E-state index in [9.17, 15) is 14.4 Å². The molecule has 0 fully saturated rings. The van der Waals surface area contributed by atoms with Crippen LogP contribution in [0.4, 0.5) is 0 Å². The van der Waals surface area contributed by atoms with Crippen molar-refractivity contribution in [2.24, 2.45) is 4.99 Å². The number of hydrogen-bond acceptors (Lipinski definition) is 8. The molecule has 1 aromatic carbocycles. The van der Waals surface area contributed by atoms with Gasteiger partial charge in [-0.15, -0.1) is 21.5 Å². The summed E-state index contributed by atoms with van der Waals surface area (Å²) in [7, 11) is 0. The first kappa shape index (κ1) is 35.9. The number of rotatable bonds is 10. The number of hydrogen-bond donors (Lipinski definition) is 2. The van der Waals surface area contributed by atoms with Crippen LogP contribution in [0.5, 0.6) is 0 Å². The van der Waals surface area contributed by atoms with E-state index in [0.29, 0.717) is 10.8 Å². The summed E-state index contributed by atoms with van der Waals surface area (Å²) in [6, 6.07) is 7.11. The third-order valence-corrected chi connectivity index (χ3v) is 8.43. The molecule has 0 saturated heterocycles. The van der Waals surface area contributed by atoms with Gasteiger partial charge in [0, 0.05) is 48.0 Å². The molecule has 0 aliphatic carbocycles. The van der Waals surface area contributed by atoms with Gasteiger partial charge in [0.15, 0.2) is 5.82 Å². The zero-order chi connectivity index (χ0) is 33.3. The summed E-state index contributed by atoms with van der Waals surface area (Å²) in [5.41, 5.74) is 3.40. The van der Waals surface area contributed by atoms with Crippen molar-refractivity contribution in [3.8, 4) is 5.00 Å². The van der Waals surface area contributed by atoms with E-state index in [1.165, 1.54) is 18.7 Å². The minimum absolute atomic E-state index is 0.0308. The fourth-order valence-electron chi connectivity index (χ4n) is 4.81. The number of aliphatic imine (C=N–C) groups is 1. The second-order valence-electron chi connectivity index (χ2n) is 12.1. The van der Waals surface area contributed by atoms with Crippen molar-refractivity contribution in [3.05, 3.63) is 62.5 Å². The first-order valence-electron chi connectivity index (χ1n) is 15.2. The number of amides is 2. The Labute approximate surface area is 275 Å². The topological polar surface area (TPSA) is 128 Å². The molecule has 4 rings (SSSR count). The van der Waals surface area contributed by atoms with Crippen LogP contribution in [0.3, 0.4) is 0 Å². The minimum Gasteiger partial charge on any atom is -0.460 e. The molecule has 1 aliphatic rings. The molecule has 0 bridgehead atoms. The van der Waals surface area contributed by atoms with Gasteiger partial charge in [0.1, 0.15) is 22.5 Å². The zero-order valence-corrected chi connectivity index (χ0v) is 29.1. The number of nitrogens with one attached hydrogen (secondary N) is 2. The first-order chi connectivity index (χ1) is 21.2. The number of aromatic nitrogens is 3. The third-order valence-electron chi connectivity index (χ3n) is 6.99. The van der Waals surface area contributed by atoms with E-state index in [1.54, 1.807) is 11.3 Å². The quantitative estimate of drug-likeness (QED) is 0.193. The lowest BCUT2D eigenvalue weighted by Gasteiger charge is -2.21. The molecular weight excluding hydrogens is 612 g/mol. The molecule has 0 unspecified atom stereocenters. The van der Waals surface area contributed by atoms with Crippen molar-refractivity contribution in [3.63, 3.8) is 0 Å². The summed E-state index contributed by atoms with van der Waals surface area (Å²) in [5.74, 6) is 1.16. The Morgan fingerprint density at radius 1 is 0.933 bits per heavy atom. The van der Waals surface area contributed by atoms with Crippen molar-refractivity contribution >= 4 is 46.4 Å². The Hall–Kier alpha value is -3.57. The van der Waals surface area contributed by atoms with Crippen LogP contribution in [0, 0.1) is 20.8 Å². The second kappa shape index (κ2) is 16.1. The van der Waals surface area contributed by atoms with Gasteiger partial charge in [-0.2, -0.15) is 0 Å². The smallest absolute Gasteiger partial charge is 0.308 e. The lowest BCUT2D eigenvalue weighted by molar-refractivity contribution is -0.155. The van der Waals surface area contributed by atoms with Gasteiger partial charge < -0.3 is 15.4 Å². The molecule has 1 aliphatic heterocycles. The summed E-state index contributed by atoms with van der Waals surface area (Å²) in [5, 5.41) is 15.9. The van der Waals surface area contributed by atoms with E-state index in [4.69, 9.17) is 21.3 Å². The average Bonchev–Trinajstić information content (AvgIpc) is 3.41. The number of carbonyl (C=O) groups is 3. The lowest BCUT2D eigenvalue weighted by atomic mass is 9.99. The predicted octanol–water partition coefficient (Wildman–Crippen LogP) is 6.35. The fourth-order valence-corrected chi connectivity index (χ4v) is 6.15. The van der Waals surface area contributed by atoms with Gasteiger partial charge in [-0.25, -0.2) is 0 Å². The molecule has 2 N–H and O–H groups in total. The SMILES string of the molecule is CC(=O)NCCCCCCNC(C)=O.Cc1sc2c(c1C)C(c1ccc(Cl)cc1)=N[C@@H](CC(=O)OC(C)(C)C)c1nnc(C)n1-2. The number of halogens is 1. The van der Waals surface area contributed by atoms with Crippen LogP contribution in [0.2, 0.25) is 5.02 Å². The molecule has 3 heterocycles. The number of esters is 1. The number of thiophene rings is 1. The molecule has 12 heteroatoms. The summed E-state index contributed by atoms with van der Waals surface area (Å²) in [6.45, 7) is 16.3. The molecule has 45 heavy (non-hydrogen) atoms. The van der Waals surface area contributed by atoms with Gasteiger partial charge >= 0.3 is 5.97 Å². The highest BCUT2D eigenvalue weighted by Gasteiger charge is 2.33. The van der Waals surface area contributed by atoms with E-state index in [1.807, 2.05) is 56.5 Å². The highest BCUT2D eigenvalue weighted by molar-refractivity contribution is 7.15. The highest BCUT2D eigenvalue weighted by Crippen LogP contribution is 2.39. The number of nitrogens with zero attached hydrogens (tertiary/aromatic N) is 4. The summed E-state index contributed by atoms with van der Waals surface area (Å²) in [6.07, 6.45) is 4.30. The van der Waals surface area contributed by atoms with Crippen LogP contribution >= 0.6 is 22.9 Å². The maximum Gasteiger partial charge on any atom is 0.308 e. The van der Waals surface area contributed by atoms with Crippen LogP contribution in [-0.4, -0.2) is 57.0 Å². The van der Waals surface area contributed by atoms with E-state index in [0.717, 1.165) is 72.0 Å².